The van der Waals surface area contributed by atoms with E-state index in [-0.39, 0.29) is 12.3 Å². The third kappa shape index (κ3) is 5.66. The summed E-state index contributed by atoms with van der Waals surface area (Å²) in [5, 5.41) is 3.07. The van der Waals surface area contributed by atoms with E-state index in [2.05, 4.69) is 44.3 Å². The second-order valence-electron chi connectivity index (χ2n) is 7.03. The van der Waals surface area contributed by atoms with Gasteiger partial charge in [-0.2, -0.15) is 0 Å². The molecule has 0 radical (unpaired) electrons. The van der Waals surface area contributed by atoms with Crippen molar-refractivity contribution < 1.29 is 14.3 Å². The summed E-state index contributed by atoms with van der Waals surface area (Å²) in [5.74, 6) is 1.33. The van der Waals surface area contributed by atoms with Crippen LogP contribution in [-0.4, -0.2) is 32.2 Å². The van der Waals surface area contributed by atoms with Gasteiger partial charge in [0.05, 0.1) is 19.6 Å². The van der Waals surface area contributed by atoms with Gasteiger partial charge in [-0.25, -0.2) is 0 Å². The van der Waals surface area contributed by atoms with E-state index in [1.807, 2.05) is 32.0 Å². The normalized spacial score (nSPS) is 13.4. The number of hydrogen-bond acceptors (Lipinski definition) is 4. The number of anilines is 1. The molecule has 1 heterocycles. The fourth-order valence-corrected chi connectivity index (χ4v) is 4.07. The molecule has 29 heavy (non-hydrogen) atoms. The van der Waals surface area contributed by atoms with Crippen molar-refractivity contribution >= 4 is 27.5 Å². The SMILES string of the molecule is CCOc1cc(Br)c(CC(=O)NCc2ccccc2N2CCCC2)cc1OCC. The Hall–Kier alpha value is -2.21. The predicted molar refractivity (Wildman–Crippen MR) is 120 cm³/mol. The minimum absolute atomic E-state index is 0.0199. The van der Waals surface area contributed by atoms with E-state index >= 15 is 0 Å². The molecule has 5 nitrogen and oxygen atoms in total. The number of halogens is 1. The highest BCUT2D eigenvalue weighted by Gasteiger charge is 2.17. The summed E-state index contributed by atoms with van der Waals surface area (Å²) < 4.78 is 12.2. The smallest absolute Gasteiger partial charge is 0.224 e. The molecule has 1 fully saturated rings. The first-order chi connectivity index (χ1) is 14.1. The van der Waals surface area contributed by atoms with E-state index < -0.39 is 0 Å². The molecule has 0 spiro atoms. The average molecular weight is 461 g/mol. The molecule has 0 unspecified atom stereocenters. The van der Waals surface area contributed by atoms with Crippen LogP contribution in [0.4, 0.5) is 5.69 Å². The standard InChI is InChI=1S/C23H29BrN2O3/c1-3-28-21-13-18(19(24)15-22(21)29-4-2)14-23(27)25-16-17-9-5-6-10-20(17)26-11-7-8-12-26/h5-6,9-10,13,15H,3-4,7-8,11-12,14,16H2,1-2H3,(H,25,27). The summed E-state index contributed by atoms with van der Waals surface area (Å²) in [6, 6.07) is 12.1. The molecule has 1 N–H and O–H groups in total. The van der Waals surface area contributed by atoms with Crippen molar-refractivity contribution in [1.29, 1.82) is 0 Å². The fourth-order valence-electron chi connectivity index (χ4n) is 3.61. The summed E-state index contributed by atoms with van der Waals surface area (Å²) in [7, 11) is 0. The lowest BCUT2D eigenvalue weighted by molar-refractivity contribution is -0.120. The molecule has 0 aliphatic carbocycles. The largest absolute Gasteiger partial charge is 0.490 e. The average Bonchev–Trinajstić information content (AvgIpc) is 3.25. The lowest BCUT2D eigenvalue weighted by atomic mass is 10.1. The Morgan fingerprint density at radius 1 is 1.03 bits per heavy atom. The molecule has 0 atom stereocenters. The molecule has 1 aliphatic rings. The quantitative estimate of drug-likeness (QED) is 0.588. The van der Waals surface area contributed by atoms with Crippen LogP contribution in [-0.2, 0) is 17.8 Å². The number of benzene rings is 2. The zero-order valence-electron chi connectivity index (χ0n) is 17.2. The molecule has 2 aromatic rings. The van der Waals surface area contributed by atoms with E-state index in [0.717, 1.165) is 28.7 Å². The Morgan fingerprint density at radius 3 is 2.38 bits per heavy atom. The molecule has 156 valence electrons. The monoisotopic (exact) mass is 460 g/mol. The van der Waals surface area contributed by atoms with Gasteiger partial charge in [-0.3, -0.25) is 4.79 Å². The van der Waals surface area contributed by atoms with Crippen LogP contribution in [0.3, 0.4) is 0 Å². The maximum absolute atomic E-state index is 12.6. The lowest BCUT2D eigenvalue weighted by Gasteiger charge is -2.21. The van der Waals surface area contributed by atoms with Crippen molar-refractivity contribution in [3.63, 3.8) is 0 Å². The van der Waals surface area contributed by atoms with Crippen LogP contribution in [0.5, 0.6) is 11.5 Å². The van der Waals surface area contributed by atoms with Crippen LogP contribution in [0, 0.1) is 0 Å². The third-order valence-electron chi connectivity index (χ3n) is 4.98. The highest BCUT2D eigenvalue weighted by atomic mass is 79.9. The highest BCUT2D eigenvalue weighted by molar-refractivity contribution is 9.10. The summed E-state index contributed by atoms with van der Waals surface area (Å²) in [5.41, 5.74) is 3.26. The second-order valence-corrected chi connectivity index (χ2v) is 7.89. The molecule has 3 rings (SSSR count). The maximum atomic E-state index is 12.6. The van der Waals surface area contributed by atoms with Crippen molar-refractivity contribution in [2.45, 2.75) is 39.7 Å². The van der Waals surface area contributed by atoms with Gasteiger partial charge in [0.15, 0.2) is 11.5 Å². The van der Waals surface area contributed by atoms with Crippen molar-refractivity contribution in [3.8, 4) is 11.5 Å². The van der Waals surface area contributed by atoms with E-state index in [9.17, 15) is 4.79 Å². The molecular weight excluding hydrogens is 432 g/mol. The molecular formula is C23H29BrN2O3. The van der Waals surface area contributed by atoms with Gasteiger partial charge in [0.1, 0.15) is 0 Å². The number of carbonyl (C=O) groups is 1. The van der Waals surface area contributed by atoms with Gasteiger partial charge in [0.2, 0.25) is 5.91 Å². The van der Waals surface area contributed by atoms with Crippen LogP contribution >= 0.6 is 15.9 Å². The topological polar surface area (TPSA) is 50.8 Å². The Balaban J connectivity index is 1.66. The molecule has 0 aromatic heterocycles. The predicted octanol–water partition coefficient (Wildman–Crippen LogP) is 4.71. The molecule has 1 aliphatic heterocycles. The Labute approximate surface area is 181 Å². The van der Waals surface area contributed by atoms with Gasteiger partial charge in [0, 0.05) is 29.8 Å². The fraction of sp³-hybridized carbons (Fsp3) is 0.435. The van der Waals surface area contributed by atoms with Gasteiger partial charge >= 0.3 is 0 Å². The Kier molecular flexibility index (Phi) is 7.81. The third-order valence-corrected chi connectivity index (χ3v) is 5.72. The van der Waals surface area contributed by atoms with Crippen molar-refractivity contribution in [2.75, 3.05) is 31.2 Å². The van der Waals surface area contributed by atoms with Crippen molar-refractivity contribution in [3.05, 3.63) is 52.0 Å². The molecule has 6 heteroatoms. The lowest BCUT2D eigenvalue weighted by Crippen LogP contribution is -2.27. The van der Waals surface area contributed by atoms with Crippen LogP contribution in [0.15, 0.2) is 40.9 Å². The van der Waals surface area contributed by atoms with Crippen molar-refractivity contribution in [1.82, 2.24) is 5.32 Å². The number of ether oxygens (including phenoxy) is 2. The van der Waals surface area contributed by atoms with Crippen LogP contribution in [0.2, 0.25) is 0 Å². The minimum Gasteiger partial charge on any atom is -0.490 e. The maximum Gasteiger partial charge on any atom is 0.224 e. The van der Waals surface area contributed by atoms with E-state index in [1.54, 1.807) is 0 Å². The van der Waals surface area contributed by atoms with E-state index in [0.29, 0.717) is 31.3 Å². The zero-order chi connectivity index (χ0) is 20.6. The molecule has 1 saturated heterocycles. The Morgan fingerprint density at radius 2 is 1.69 bits per heavy atom. The Bertz CT molecular complexity index is 835. The number of nitrogens with one attached hydrogen (secondary N) is 1. The van der Waals surface area contributed by atoms with Gasteiger partial charge in [0.25, 0.3) is 0 Å². The van der Waals surface area contributed by atoms with E-state index in [4.69, 9.17) is 9.47 Å². The first kappa shape index (κ1) is 21.5. The summed E-state index contributed by atoms with van der Waals surface area (Å²) >= 11 is 3.56. The van der Waals surface area contributed by atoms with Crippen molar-refractivity contribution in [2.24, 2.45) is 0 Å². The molecule has 2 aromatic carbocycles. The summed E-state index contributed by atoms with van der Waals surface area (Å²) in [6.07, 6.45) is 2.74. The zero-order valence-corrected chi connectivity index (χ0v) is 18.8. The van der Waals surface area contributed by atoms with Gasteiger partial charge in [-0.15, -0.1) is 0 Å². The minimum atomic E-state index is -0.0199. The van der Waals surface area contributed by atoms with Crippen LogP contribution in [0.1, 0.15) is 37.8 Å². The number of para-hydroxylation sites is 1. The van der Waals surface area contributed by atoms with Crippen LogP contribution < -0.4 is 19.7 Å². The molecule has 0 saturated carbocycles. The summed E-state index contributed by atoms with van der Waals surface area (Å²) in [4.78, 5) is 15.0. The number of nitrogens with zero attached hydrogens (tertiary/aromatic N) is 1. The number of rotatable bonds is 9. The second kappa shape index (κ2) is 10.5. The number of amides is 1. The van der Waals surface area contributed by atoms with Gasteiger partial charge in [-0.1, -0.05) is 34.1 Å². The van der Waals surface area contributed by atoms with E-state index in [1.165, 1.54) is 18.5 Å². The van der Waals surface area contributed by atoms with Gasteiger partial charge in [-0.05, 0) is 56.0 Å². The number of carbonyl (C=O) groups excluding carboxylic acids is 1. The first-order valence-electron chi connectivity index (χ1n) is 10.3. The van der Waals surface area contributed by atoms with Gasteiger partial charge < -0.3 is 19.7 Å². The molecule has 1 amide bonds. The highest BCUT2D eigenvalue weighted by Crippen LogP contribution is 2.34. The molecule has 0 bridgehead atoms. The summed E-state index contributed by atoms with van der Waals surface area (Å²) in [6.45, 7) is 7.67. The number of hydrogen-bond donors (Lipinski definition) is 1. The first-order valence-corrected chi connectivity index (χ1v) is 11.1. The van der Waals surface area contributed by atoms with Crippen LogP contribution in [0.25, 0.3) is 0 Å².